The molecule has 4 heterocycles. The summed E-state index contributed by atoms with van der Waals surface area (Å²) in [5.41, 5.74) is 15.1. The van der Waals surface area contributed by atoms with Gasteiger partial charge in [0.15, 0.2) is 0 Å². The van der Waals surface area contributed by atoms with Crippen LogP contribution in [0.5, 0.6) is 0 Å². The minimum Gasteiger partial charge on any atom is -0.265 e. The second-order valence-electron chi connectivity index (χ2n) is 19.1. The molecule has 0 saturated heterocycles. The minimum absolute atomic E-state index is 0.0398. The predicted molar refractivity (Wildman–Crippen MR) is 273 cm³/mol. The fraction of sp³-hybridized carbons (Fsp3) is 0.161. The highest BCUT2D eigenvalue weighted by Crippen LogP contribution is 2.74. The van der Waals surface area contributed by atoms with Crippen molar-refractivity contribution in [3.8, 4) is 0 Å². The average Bonchev–Trinajstić information content (AvgIpc) is 3.37. The molecule has 0 N–H and O–H groups in total. The number of hydrogen-bond donors (Lipinski definition) is 0. The topological polar surface area (TPSA) is 51.6 Å². The Labute approximate surface area is 389 Å². The molecule has 4 fully saturated rings. The van der Waals surface area contributed by atoms with Crippen molar-refractivity contribution < 1.29 is 0 Å². The van der Waals surface area contributed by atoms with Gasteiger partial charge in [0.05, 0.1) is 0 Å². The zero-order valence-electron chi connectivity index (χ0n) is 37.1. The van der Waals surface area contributed by atoms with Crippen molar-refractivity contribution in [2.75, 3.05) is 0 Å². The largest absolute Gasteiger partial charge is 0.265 e. The molecular weight excluding hydrogens is 801 g/mol. The van der Waals surface area contributed by atoms with Crippen LogP contribution in [-0.4, -0.2) is 19.9 Å². The highest BCUT2D eigenvalue weighted by molar-refractivity contribution is 5.72. The highest BCUT2D eigenvalue weighted by Gasteiger charge is 2.69. The molecule has 0 aliphatic heterocycles. The van der Waals surface area contributed by atoms with Gasteiger partial charge in [-0.25, -0.2) is 0 Å². The summed E-state index contributed by atoms with van der Waals surface area (Å²) in [5.74, 6) is 0. The van der Waals surface area contributed by atoms with E-state index >= 15 is 0 Å². The van der Waals surface area contributed by atoms with Crippen molar-refractivity contribution in [1.82, 2.24) is 19.9 Å². The van der Waals surface area contributed by atoms with Gasteiger partial charge in [-0.1, -0.05) is 146 Å². The lowest BCUT2D eigenvalue weighted by Gasteiger charge is -2.71. The lowest BCUT2D eigenvalue weighted by Crippen LogP contribution is -2.67. The molecule has 4 aromatic carbocycles. The first kappa shape index (κ1) is 41.2. The van der Waals surface area contributed by atoms with Crippen LogP contribution in [0.4, 0.5) is 0 Å². The standard InChI is InChI=1S/C62H52N4/c1(5-51-25-33-63-34-26-51)47-9-17-55(18-10-47)59-41-60(56-19-11-48(12-20-56)2-6-52-27-35-64-36-28-52)44-61(42-59,57-21-13-49(14-22-57)3-7-53-29-37-65-38-30-53)46-62(43-59,45-60)58-23-15-50(16-24-58)4-8-54-31-39-66-40-32-54/h1-40H,41-46H2/b5-1+,6-2+,7-3+,8-4+. The van der Waals surface area contributed by atoms with Crippen molar-refractivity contribution in [3.63, 3.8) is 0 Å². The van der Waals surface area contributed by atoms with Crippen LogP contribution < -0.4 is 0 Å². The maximum atomic E-state index is 4.21. The zero-order chi connectivity index (χ0) is 44.3. The summed E-state index contributed by atoms with van der Waals surface area (Å²) in [4.78, 5) is 16.8. The minimum atomic E-state index is -0.0398. The molecular formula is C62H52N4. The van der Waals surface area contributed by atoms with Crippen molar-refractivity contribution >= 4 is 48.6 Å². The van der Waals surface area contributed by atoms with Crippen LogP contribution in [0.25, 0.3) is 48.6 Å². The molecule has 4 aliphatic carbocycles. The Morgan fingerprint density at radius 2 is 0.364 bits per heavy atom. The molecule has 4 aliphatic rings. The Morgan fingerprint density at radius 3 is 0.530 bits per heavy atom. The van der Waals surface area contributed by atoms with Gasteiger partial charge in [-0.05, 0) is 175 Å². The Hall–Kier alpha value is -7.56. The van der Waals surface area contributed by atoms with E-state index in [0.717, 1.165) is 60.8 Å². The molecule has 0 radical (unpaired) electrons. The summed E-state index contributed by atoms with van der Waals surface area (Å²) in [7, 11) is 0. The maximum Gasteiger partial charge on any atom is 0.0273 e. The molecule has 320 valence electrons. The summed E-state index contributed by atoms with van der Waals surface area (Å²) >= 11 is 0. The van der Waals surface area contributed by atoms with E-state index in [1.165, 1.54) is 44.5 Å². The summed E-state index contributed by atoms with van der Waals surface area (Å²) in [5, 5.41) is 0. The molecule has 8 aromatic rings. The Balaban J connectivity index is 1.02. The van der Waals surface area contributed by atoms with Gasteiger partial charge in [-0.15, -0.1) is 0 Å². The van der Waals surface area contributed by atoms with Crippen LogP contribution in [0.15, 0.2) is 195 Å². The van der Waals surface area contributed by atoms with E-state index in [1.54, 1.807) is 0 Å². The maximum absolute atomic E-state index is 4.21. The normalized spacial score (nSPS) is 23.4. The smallest absolute Gasteiger partial charge is 0.0273 e. The highest BCUT2D eigenvalue weighted by atomic mass is 14.7. The van der Waals surface area contributed by atoms with Crippen LogP contribution in [0.2, 0.25) is 0 Å². The molecule has 4 heteroatoms. The lowest BCUT2D eigenvalue weighted by molar-refractivity contribution is -0.0691. The van der Waals surface area contributed by atoms with E-state index in [9.17, 15) is 0 Å². The SMILES string of the molecule is C(=C\c1ccc(C23CC4(c5ccc(/C=C/c6ccncc6)cc5)CC(c5ccc(/C=C/c6ccncc6)cc5)(C2)CC(c2ccc(/C=C/c5ccncc5)cc2)(C3)C4)cc1)/c1ccncc1. The molecule has 12 rings (SSSR count). The third-order valence-electron chi connectivity index (χ3n) is 14.9. The van der Waals surface area contributed by atoms with E-state index in [0.29, 0.717) is 0 Å². The Kier molecular flexibility index (Phi) is 10.9. The fourth-order valence-corrected chi connectivity index (χ4v) is 12.3. The van der Waals surface area contributed by atoms with E-state index in [-0.39, 0.29) is 21.7 Å². The van der Waals surface area contributed by atoms with Crippen LogP contribution in [0.1, 0.15) is 105 Å². The van der Waals surface area contributed by atoms with Crippen LogP contribution in [0, 0.1) is 0 Å². The molecule has 4 saturated carbocycles. The van der Waals surface area contributed by atoms with Gasteiger partial charge in [0.2, 0.25) is 0 Å². The molecule has 4 aromatic heterocycles. The Morgan fingerprint density at radius 1 is 0.212 bits per heavy atom. The number of pyridine rings is 4. The van der Waals surface area contributed by atoms with Gasteiger partial charge in [0.25, 0.3) is 0 Å². The van der Waals surface area contributed by atoms with Gasteiger partial charge < -0.3 is 0 Å². The molecule has 4 bridgehead atoms. The first-order valence-electron chi connectivity index (χ1n) is 23.2. The summed E-state index contributed by atoms with van der Waals surface area (Å²) < 4.78 is 0. The van der Waals surface area contributed by atoms with E-state index < -0.39 is 0 Å². The number of hydrogen-bond acceptors (Lipinski definition) is 4. The summed E-state index contributed by atoms with van der Waals surface area (Å²) in [6.45, 7) is 0. The Bertz CT molecular complexity index is 2570. The van der Waals surface area contributed by atoms with Gasteiger partial charge in [0, 0.05) is 49.6 Å². The summed E-state index contributed by atoms with van der Waals surface area (Å²) in [6, 6.07) is 54.8. The van der Waals surface area contributed by atoms with E-state index in [4.69, 9.17) is 0 Å². The molecule has 0 amide bonds. The number of aromatic nitrogens is 4. The lowest BCUT2D eigenvalue weighted by atomic mass is 9.32. The fourth-order valence-electron chi connectivity index (χ4n) is 12.3. The second kappa shape index (κ2) is 17.4. The summed E-state index contributed by atoms with van der Waals surface area (Å²) in [6.07, 6.45) is 39.2. The molecule has 0 atom stereocenters. The first-order chi connectivity index (χ1) is 32.5. The molecule has 0 unspecified atom stereocenters. The van der Waals surface area contributed by atoms with Crippen molar-refractivity contribution in [2.24, 2.45) is 0 Å². The number of benzene rings is 4. The van der Waals surface area contributed by atoms with Crippen LogP contribution >= 0.6 is 0 Å². The van der Waals surface area contributed by atoms with Crippen molar-refractivity contribution in [1.29, 1.82) is 0 Å². The number of nitrogens with zero attached hydrogens (tertiary/aromatic N) is 4. The quantitative estimate of drug-likeness (QED) is 0.123. The monoisotopic (exact) mass is 852 g/mol. The number of rotatable bonds is 12. The van der Waals surface area contributed by atoms with Crippen molar-refractivity contribution in [3.05, 3.63) is 262 Å². The third kappa shape index (κ3) is 8.31. The zero-order valence-corrected chi connectivity index (χ0v) is 37.1. The molecule has 4 nitrogen and oxygen atoms in total. The molecule has 0 spiro atoms. The van der Waals surface area contributed by atoms with E-state index in [1.807, 2.05) is 49.6 Å². The third-order valence-corrected chi connectivity index (χ3v) is 14.9. The van der Waals surface area contributed by atoms with Gasteiger partial charge >= 0.3 is 0 Å². The first-order valence-corrected chi connectivity index (χ1v) is 23.2. The second-order valence-corrected chi connectivity index (χ2v) is 19.1. The van der Waals surface area contributed by atoms with Gasteiger partial charge in [0.1, 0.15) is 0 Å². The van der Waals surface area contributed by atoms with Crippen molar-refractivity contribution in [2.45, 2.75) is 60.2 Å². The average molecular weight is 853 g/mol. The van der Waals surface area contributed by atoms with Crippen LogP contribution in [-0.2, 0) is 21.7 Å². The van der Waals surface area contributed by atoms with E-state index in [2.05, 4.69) is 214 Å². The molecule has 66 heavy (non-hydrogen) atoms. The predicted octanol–water partition coefficient (Wildman–Crippen LogP) is 14.4. The van der Waals surface area contributed by atoms with Gasteiger partial charge in [-0.3, -0.25) is 19.9 Å². The van der Waals surface area contributed by atoms with Crippen LogP contribution in [0.3, 0.4) is 0 Å². The van der Waals surface area contributed by atoms with Gasteiger partial charge in [-0.2, -0.15) is 0 Å².